The van der Waals surface area contributed by atoms with Crippen molar-refractivity contribution in [1.82, 2.24) is 9.88 Å². The van der Waals surface area contributed by atoms with Gasteiger partial charge in [-0.05, 0) is 54.7 Å². The Labute approximate surface area is 174 Å². The highest BCUT2D eigenvalue weighted by Gasteiger charge is 2.33. The van der Waals surface area contributed by atoms with E-state index in [-0.39, 0.29) is 16.8 Å². The average Bonchev–Trinajstić information content (AvgIpc) is 3.22. The summed E-state index contributed by atoms with van der Waals surface area (Å²) in [6.07, 6.45) is 4.39. The summed E-state index contributed by atoms with van der Waals surface area (Å²) in [4.78, 5) is 31.6. The van der Waals surface area contributed by atoms with Crippen molar-refractivity contribution >= 4 is 27.9 Å². The number of rotatable bonds is 3. The largest absolute Gasteiger partial charge is 0.420 e. The molecule has 0 spiro atoms. The van der Waals surface area contributed by atoms with Crippen LogP contribution in [0.15, 0.2) is 47.6 Å². The molecule has 158 valence electrons. The Hall–Kier alpha value is -3.14. The molecule has 1 fully saturated rings. The third-order valence-electron chi connectivity index (χ3n) is 5.50. The predicted molar refractivity (Wildman–Crippen MR) is 109 cm³/mol. The second kappa shape index (κ2) is 7.94. The number of carbonyl (C=O) groups excluding carboxylic acids is 2. The number of primary amides is 1. The van der Waals surface area contributed by atoms with E-state index in [0.29, 0.717) is 43.7 Å². The molecule has 0 aliphatic carbocycles. The molecule has 30 heavy (non-hydrogen) atoms. The van der Waals surface area contributed by atoms with Gasteiger partial charge in [-0.3, -0.25) is 9.88 Å². The molecular weight excluding hydrogens is 408 g/mol. The van der Waals surface area contributed by atoms with Gasteiger partial charge in [0.2, 0.25) is 0 Å². The maximum Gasteiger partial charge on any atom is 0.420 e. The van der Waals surface area contributed by atoms with Crippen LogP contribution in [0.2, 0.25) is 0 Å². The normalized spacial score (nSPS) is 18.7. The second-order valence-electron chi connectivity index (χ2n) is 7.40. The number of hydrogen-bond acceptors (Lipinski definition) is 6. The van der Waals surface area contributed by atoms with Crippen LogP contribution in [0.25, 0.3) is 0 Å². The number of aryl methyl sites for hydroxylation is 1. The van der Waals surface area contributed by atoms with Crippen molar-refractivity contribution in [2.24, 2.45) is 5.73 Å². The lowest BCUT2D eigenvalue weighted by atomic mass is 10.0. The molecule has 0 saturated carbocycles. The average molecular weight is 430 g/mol. The first-order chi connectivity index (χ1) is 14.3. The fourth-order valence-electron chi connectivity index (χ4n) is 4.08. The third-order valence-corrected chi connectivity index (χ3v) is 6.71. The molecule has 2 N–H and O–H groups in total. The molecule has 1 aromatic carbocycles. The van der Waals surface area contributed by atoms with Gasteiger partial charge in [0, 0.05) is 43.6 Å². The van der Waals surface area contributed by atoms with Gasteiger partial charge < -0.3 is 14.8 Å². The van der Waals surface area contributed by atoms with Crippen LogP contribution in [0.4, 0.5) is 15.3 Å². The molecule has 10 heteroatoms. The van der Waals surface area contributed by atoms with Crippen LogP contribution in [-0.2, 0) is 20.7 Å². The maximum atomic E-state index is 13.2. The molecule has 9 nitrogen and oxygen atoms in total. The van der Waals surface area contributed by atoms with Crippen molar-refractivity contribution in [2.45, 2.75) is 30.1 Å². The second-order valence-corrected chi connectivity index (χ2v) is 8.95. The Morgan fingerprint density at radius 1 is 1.20 bits per heavy atom. The van der Waals surface area contributed by atoms with E-state index in [9.17, 15) is 18.0 Å². The highest BCUT2D eigenvalue weighted by Crippen LogP contribution is 2.33. The molecule has 3 heterocycles. The van der Waals surface area contributed by atoms with Crippen molar-refractivity contribution in [3.8, 4) is 0 Å². The minimum atomic E-state index is -4.28. The Morgan fingerprint density at radius 2 is 2.03 bits per heavy atom. The summed E-state index contributed by atoms with van der Waals surface area (Å²) in [6.45, 7) is 1.84. The van der Waals surface area contributed by atoms with Gasteiger partial charge in [-0.1, -0.05) is 6.07 Å². The fourth-order valence-corrected chi connectivity index (χ4v) is 4.91. The summed E-state index contributed by atoms with van der Waals surface area (Å²) in [5.41, 5.74) is 7.35. The summed E-state index contributed by atoms with van der Waals surface area (Å²) in [6, 6.07) is 8.18. The summed E-state index contributed by atoms with van der Waals surface area (Å²) < 4.78 is 28.5. The number of nitrogens with two attached hydrogens (primary N) is 1. The first-order valence-electron chi connectivity index (χ1n) is 9.68. The zero-order chi connectivity index (χ0) is 21.3. The van der Waals surface area contributed by atoms with Crippen molar-refractivity contribution < 1.29 is 22.2 Å². The van der Waals surface area contributed by atoms with Gasteiger partial charge in [0.1, 0.15) is 4.90 Å². The molecule has 1 unspecified atom stereocenters. The quantitative estimate of drug-likeness (QED) is 0.745. The van der Waals surface area contributed by atoms with Gasteiger partial charge in [-0.25, -0.2) is 9.59 Å². The van der Waals surface area contributed by atoms with Crippen molar-refractivity contribution in [3.63, 3.8) is 0 Å². The maximum absolute atomic E-state index is 13.2. The number of benzene rings is 1. The van der Waals surface area contributed by atoms with Crippen molar-refractivity contribution in [3.05, 3.63) is 53.9 Å². The molecule has 2 aliphatic heterocycles. The molecule has 3 amide bonds. The Bertz CT molecular complexity index is 1070. The minimum Gasteiger partial charge on any atom is -0.334 e. The van der Waals surface area contributed by atoms with Gasteiger partial charge in [0.15, 0.2) is 0 Å². The molecule has 0 bridgehead atoms. The molecule has 2 aromatic rings. The number of amides is 3. The fraction of sp³-hybridized carbons (Fsp3) is 0.350. The standard InChI is InChI=1S/C20H22N4O5S/c21-19(25)29-30(27,28)17-5-6-18-14(11-17)4-2-9-24(18)20(26)23-10-7-16(13-23)15-3-1-8-22-12-15/h1,3,5-6,8,11-12,16H,2,4,7,9-10,13H2,(H2,21,25). The number of nitrogens with zero attached hydrogens (tertiary/aromatic N) is 3. The van der Waals surface area contributed by atoms with Crippen molar-refractivity contribution in [1.29, 1.82) is 0 Å². The number of anilines is 1. The minimum absolute atomic E-state index is 0.0914. The molecule has 0 radical (unpaired) electrons. The third kappa shape index (κ3) is 3.95. The van der Waals surface area contributed by atoms with Crippen LogP contribution in [0.3, 0.4) is 0 Å². The van der Waals surface area contributed by atoms with E-state index < -0.39 is 16.2 Å². The molecule has 1 aromatic heterocycles. The van der Waals surface area contributed by atoms with Gasteiger partial charge >= 0.3 is 22.2 Å². The van der Waals surface area contributed by atoms with Crippen molar-refractivity contribution in [2.75, 3.05) is 24.5 Å². The van der Waals surface area contributed by atoms with Crippen LogP contribution >= 0.6 is 0 Å². The van der Waals surface area contributed by atoms with E-state index >= 15 is 0 Å². The van der Waals surface area contributed by atoms with Gasteiger partial charge in [-0.15, -0.1) is 0 Å². The predicted octanol–water partition coefficient (Wildman–Crippen LogP) is 2.23. The molecule has 1 atom stereocenters. The van der Waals surface area contributed by atoms with E-state index in [4.69, 9.17) is 5.73 Å². The summed E-state index contributed by atoms with van der Waals surface area (Å²) >= 11 is 0. The SMILES string of the molecule is NC(=O)OS(=O)(=O)c1ccc2c(c1)CCCN2C(=O)N1CCC(c2cccnc2)C1. The van der Waals surface area contributed by atoms with Crippen LogP contribution in [0, 0.1) is 0 Å². The first kappa shape index (κ1) is 20.1. The van der Waals surface area contributed by atoms with Crippen LogP contribution in [-0.4, -0.2) is 50.1 Å². The number of carbonyl (C=O) groups is 2. The summed E-state index contributed by atoms with van der Waals surface area (Å²) in [5.74, 6) is 0.255. The number of aromatic nitrogens is 1. The van der Waals surface area contributed by atoms with E-state index in [2.05, 4.69) is 9.17 Å². The topological polar surface area (TPSA) is 123 Å². The zero-order valence-electron chi connectivity index (χ0n) is 16.2. The van der Waals surface area contributed by atoms with E-state index in [1.807, 2.05) is 23.2 Å². The number of fused-ring (bicyclic) bond motifs is 1. The number of pyridine rings is 1. The van der Waals surface area contributed by atoms with Gasteiger partial charge in [0.25, 0.3) is 0 Å². The lowest BCUT2D eigenvalue weighted by molar-refractivity contribution is 0.212. The van der Waals surface area contributed by atoms with Gasteiger partial charge in [0.05, 0.1) is 0 Å². The Balaban J connectivity index is 1.53. The molecular formula is C20H22N4O5S. The van der Waals surface area contributed by atoms with E-state index in [1.165, 1.54) is 12.1 Å². The first-order valence-corrected chi connectivity index (χ1v) is 11.1. The summed E-state index contributed by atoms with van der Waals surface area (Å²) in [7, 11) is -4.28. The molecule has 2 aliphatic rings. The molecule has 1 saturated heterocycles. The number of urea groups is 1. The number of hydrogen-bond donors (Lipinski definition) is 1. The number of likely N-dealkylation sites (tertiary alicyclic amines) is 1. The molecule has 4 rings (SSSR count). The zero-order valence-corrected chi connectivity index (χ0v) is 17.0. The highest BCUT2D eigenvalue weighted by molar-refractivity contribution is 7.87. The van der Waals surface area contributed by atoms with E-state index in [0.717, 1.165) is 12.0 Å². The van der Waals surface area contributed by atoms with Crippen LogP contribution < -0.4 is 10.6 Å². The Kier molecular flexibility index (Phi) is 5.33. The highest BCUT2D eigenvalue weighted by atomic mass is 32.2. The lowest BCUT2D eigenvalue weighted by Crippen LogP contribution is -2.44. The lowest BCUT2D eigenvalue weighted by Gasteiger charge is -2.33. The Morgan fingerprint density at radius 3 is 2.77 bits per heavy atom. The van der Waals surface area contributed by atoms with Crippen LogP contribution in [0.5, 0.6) is 0 Å². The van der Waals surface area contributed by atoms with Crippen LogP contribution in [0.1, 0.15) is 29.9 Å². The smallest absolute Gasteiger partial charge is 0.334 e. The van der Waals surface area contributed by atoms with E-state index in [1.54, 1.807) is 17.2 Å². The van der Waals surface area contributed by atoms with Gasteiger partial charge in [-0.2, -0.15) is 8.42 Å². The monoisotopic (exact) mass is 430 g/mol. The summed E-state index contributed by atoms with van der Waals surface area (Å²) in [5, 5.41) is 0.